The molecule has 25 heavy (non-hydrogen) atoms. The normalized spacial score (nSPS) is 26.0. The van der Waals surface area contributed by atoms with E-state index in [-0.39, 0.29) is 16.9 Å². The van der Waals surface area contributed by atoms with E-state index in [4.69, 9.17) is 4.74 Å². The van der Waals surface area contributed by atoms with Gasteiger partial charge in [0.15, 0.2) is 5.75 Å². The number of likely N-dealkylation sites (tertiary alicyclic amines) is 1. The molecule has 1 spiro atoms. The quantitative estimate of drug-likeness (QED) is 0.862. The fraction of sp³-hybridized carbons (Fsp3) is 0.667. The van der Waals surface area contributed by atoms with Gasteiger partial charge in [0.05, 0.1) is 7.11 Å². The van der Waals surface area contributed by atoms with Crippen LogP contribution in [0, 0.1) is 0 Å². The predicted molar refractivity (Wildman–Crippen MR) is 95.7 cm³/mol. The highest BCUT2D eigenvalue weighted by molar-refractivity contribution is 5.76. The first-order valence-corrected chi connectivity index (χ1v) is 8.87. The Kier molecular flexibility index (Phi) is 5.15. The number of aromatic nitrogens is 1. The summed E-state index contributed by atoms with van der Waals surface area (Å²) >= 11 is 0. The van der Waals surface area contributed by atoms with Gasteiger partial charge in [0, 0.05) is 69.7 Å². The molecule has 0 bridgehead atoms. The van der Waals surface area contributed by atoms with E-state index in [0.717, 1.165) is 44.7 Å². The highest BCUT2D eigenvalue weighted by atomic mass is 16.5. The number of ether oxygens (including phenoxy) is 1. The Balaban J connectivity index is 1.73. The molecular formula is C18H28N4O3. The van der Waals surface area contributed by atoms with Gasteiger partial charge >= 0.3 is 0 Å². The van der Waals surface area contributed by atoms with Crippen LogP contribution < -0.4 is 10.2 Å². The van der Waals surface area contributed by atoms with Crippen molar-refractivity contribution < 1.29 is 9.53 Å². The largest absolute Gasteiger partial charge is 0.491 e. The molecule has 7 nitrogen and oxygen atoms in total. The summed E-state index contributed by atoms with van der Waals surface area (Å²) in [7, 11) is 5.56. The Bertz CT molecular complexity index is 689. The van der Waals surface area contributed by atoms with Crippen LogP contribution in [0.3, 0.4) is 0 Å². The van der Waals surface area contributed by atoms with Gasteiger partial charge in [-0.1, -0.05) is 0 Å². The average Bonchev–Trinajstić information content (AvgIpc) is 2.73. The van der Waals surface area contributed by atoms with Gasteiger partial charge in [0.1, 0.15) is 0 Å². The third kappa shape index (κ3) is 3.72. The van der Waals surface area contributed by atoms with Gasteiger partial charge in [-0.25, -0.2) is 0 Å². The summed E-state index contributed by atoms with van der Waals surface area (Å²) in [6.07, 6.45) is 4.11. The zero-order valence-electron chi connectivity index (χ0n) is 15.4. The fourth-order valence-corrected chi connectivity index (χ4v) is 3.97. The van der Waals surface area contributed by atoms with E-state index < -0.39 is 0 Å². The van der Waals surface area contributed by atoms with Crippen molar-refractivity contribution in [3.05, 3.63) is 28.2 Å². The Hall–Kier alpha value is -1.86. The SMILES string of the molecule is COc1c[nH]c(CN2CCN(C)[C@]3(CCC(=O)N(C)CC3)C2)cc1=O. The standard InChI is InChI=1S/C18H28N4O3/c1-20-7-6-18(5-4-17(20)24)13-22(9-8-21(18)2)12-14-10-15(23)16(25-3)11-19-14/h10-11H,4-9,12-13H2,1-3H3,(H,19,23)/t18-/m0/s1. The molecule has 0 saturated carbocycles. The van der Waals surface area contributed by atoms with Crippen LogP contribution in [0.1, 0.15) is 25.0 Å². The minimum absolute atomic E-state index is 0.0332. The maximum absolute atomic E-state index is 12.1. The molecule has 1 aromatic heterocycles. The third-order valence-corrected chi connectivity index (χ3v) is 5.77. The van der Waals surface area contributed by atoms with Crippen LogP contribution in [0.5, 0.6) is 5.75 Å². The number of carbonyl (C=O) groups is 1. The van der Waals surface area contributed by atoms with E-state index in [1.165, 1.54) is 7.11 Å². The first-order chi connectivity index (χ1) is 11.9. The van der Waals surface area contributed by atoms with E-state index >= 15 is 0 Å². The lowest BCUT2D eigenvalue weighted by molar-refractivity contribution is -0.129. The molecule has 1 atom stereocenters. The predicted octanol–water partition coefficient (Wildman–Crippen LogP) is 0.512. The summed E-state index contributed by atoms with van der Waals surface area (Å²) in [4.78, 5) is 33.8. The van der Waals surface area contributed by atoms with E-state index in [9.17, 15) is 9.59 Å². The average molecular weight is 348 g/mol. The molecule has 138 valence electrons. The Morgan fingerprint density at radius 2 is 2.00 bits per heavy atom. The van der Waals surface area contributed by atoms with Gasteiger partial charge < -0.3 is 14.6 Å². The lowest BCUT2D eigenvalue weighted by Gasteiger charge is -2.49. The third-order valence-electron chi connectivity index (χ3n) is 5.77. The van der Waals surface area contributed by atoms with Crippen molar-refractivity contribution in [2.45, 2.75) is 31.3 Å². The molecule has 3 rings (SSSR count). The summed E-state index contributed by atoms with van der Waals surface area (Å²) in [5.74, 6) is 0.575. The van der Waals surface area contributed by atoms with Crippen LogP contribution in [0.2, 0.25) is 0 Å². The smallest absolute Gasteiger partial charge is 0.223 e. The first-order valence-electron chi connectivity index (χ1n) is 8.87. The number of hydrogen-bond acceptors (Lipinski definition) is 5. The van der Waals surface area contributed by atoms with Crippen LogP contribution >= 0.6 is 0 Å². The van der Waals surface area contributed by atoms with Crippen LogP contribution in [-0.2, 0) is 11.3 Å². The van der Waals surface area contributed by atoms with Crippen molar-refractivity contribution in [3.63, 3.8) is 0 Å². The number of nitrogens with zero attached hydrogens (tertiary/aromatic N) is 3. The molecule has 2 aliphatic rings. The topological polar surface area (TPSA) is 68.9 Å². The highest BCUT2D eigenvalue weighted by Gasteiger charge is 2.41. The Morgan fingerprint density at radius 3 is 2.72 bits per heavy atom. The number of carbonyl (C=O) groups excluding carboxylic acids is 1. The minimum atomic E-state index is -0.0956. The first kappa shape index (κ1) is 17.9. The lowest BCUT2D eigenvalue weighted by atomic mass is 9.86. The van der Waals surface area contributed by atoms with Gasteiger partial charge in [-0.05, 0) is 19.9 Å². The maximum Gasteiger partial charge on any atom is 0.223 e. The summed E-state index contributed by atoms with van der Waals surface area (Å²) in [5, 5.41) is 0. The number of hydrogen-bond donors (Lipinski definition) is 1. The number of aromatic amines is 1. The number of H-pyrrole nitrogens is 1. The van der Waals surface area contributed by atoms with Crippen LogP contribution in [-0.4, -0.2) is 78.5 Å². The maximum atomic E-state index is 12.1. The van der Waals surface area contributed by atoms with Crippen molar-refractivity contribution >= 4 is 5.91 Å². The number of nitrogens with one attached hydrogen (secondary N) is 1. The van der Waals surface area contributed by atoms with Crippen LogP contribution in [0.4, 0.5) is 0 Å². The molecule has 2 fully saturated rings. The van der Waals surface area contributed by atoms with Crippen LogP contribution in [0.25, 0.3) is 0 Å². The lowest BCUT2D eigenvalue weighted by Crippen LogP contribution is -2.60. The molecule has 0 aliphatic carbocycles. The molecule has 1 amide bonds. The molecule has 0 radical (unpaired) electrons. The Morgan fingerprint density at radius 1 is 1.20 bits per heavy atom. The fourth-order valence-electron chi connectivity index (χ4n) is 3.97. The minimum Gasteiger partial charge on any atom is -0.491 e. The molecule has 3 heterocycles. The van der Waals surface area contributed by atoms with Gasteiger partial charge in [-0.15, -0.1) is 0 Å². The highest BCUT2D eigenvalue weighted by Crippen LogP contribution is 2.32. The molecule has 2 saturated heterocycles. The molecule has 1 N–H and O–H groups in total. The van der Waals surface area contributed by atoms with Gasteiger partial charge in [0.25, 0.3) is 0 Å². The number of methoxy groups -OCH3 is 1. The monoisotopic (exact) mass is 348 g/mol. The van der Waals surface area contributed by atoms with Crippen molar-refractivity contribution in [3.8, 4) is 5.75 Å². The van der Waals surface area contributed by atoms with Gasteiger partial charge in [-0.3, -0.25) is 19.4 Å². The van der Waals surface area contributed by atoms with E-state index in [1.807, 2.05) is 11.9 Å². The second-order valence-electron chi connectivity index (χ2n) is 7.31. The second kappa shape index (κ2) is 7.17. The van der Waals surface area contributed by atoms with Crippen molar-refractivity contribution in [2.24, 2.45) is 0 Å². The van der Waals surface area contributed by atoms with Crippen molar-refractivity contribution in [1.29, 1.82) is 0 Å². The number of rotatable bonds is 3. The van der Waals surface area contributed by atoms with Crippen molar-refractivity contribution in [2.75, 3.05) is 47.4 Å². The molecule has 2 aliphatic heterocycles. The van der Waals surface area contributed by atoms with E-state index in [1.54, 1.807) is 12.3 Å². The number of amides is 1. The molecule has 7 heteroatoms. The van der Waals surface area contributed by atoms with Gasteiger partial charge in [-0.2, -0.15) is 0 Å². The second-order valence-corrected chi connectivity index (χ2v) is 7.31. The number of piperazine rings is 1. The molecular weight excluding hydrogens is 320 g/mol. The van der Waals surface area contributed by atoms with Crippen molar-refractivity contribution in [1.82, 2.24) is 19.7 Å². The van der Waals surface area contributed by atoms with Gasteiger partial charge in [0.2, 0.25) is 11.3 Å². The van der Waals surface area contributed by atoms with E-state index in [2.05, 4.69) is 21.8 Å². The zero-order chi connectivity index (χ0) is 18.0. The summed E-state index contributed by atoms with van der Waals surface area (Å²) in [6, 6.07) is 1.62. The molecule has 0 aromatic carbocycles. The van der Waals surface area contributed by atoms with Crippen LogP contribution in [0.15, 0.2) is 17.1 Å². The molecule has 0 unspecified atom stereocenters. The number of pyridine rings is 1. The molecule has 1 aromatic rings. The summed E-state index contributed by atoms with van der Waals surface area (Å²) < 4.78 is 5.03. The summed E-state index contributed by atoms with van der Waals surface area (Å²) in [6.45, 7) is 4.35. The zero-order valence-corrected chi connectivity index (χ0v) is 15.4. The number of likely N-dealkylation sites (N-methyl/N-ethyl adjacent to an activating group) is 1. The van der Waals surface area contributed by atoms with E-state index in [0.29, 0.717) is 18.7 Å². The Labute approximate surface area is 148 Å². The summed E-state index contributed by atoms with van der Waals surface area (Å²) in [5.41, 5.74) is 0.833.